The van der Waals surface area contributed by atoms with Crippen LogP contribution in [0.3, 0.4) is 0 Å². The number of nitrogens with two attached hydrogens (primary N) is 1. The summed E-state index contributed by atoms with van der Waals surface area (Å²) in [6.45, 7) is 4.73. The third-order valence-corrected chi connectivity index (χ3v) is 4.32. The molecule has 1 unspecified atom stereocenters. The Bertz CT molecular complexity index is 468. The minimum atomic E-state index is -0.0755. The smallest absolute Gasteiger partial charge is 0.221 e. The third-order valence-electron chi connectivity index (χ3n) is 4.32. The van der Waals surface area contributed by atoms with Crippen molar-refractivity contribution in [2.24, 2.45) is 5.73 Å². The minimum Gasteiger partial charge on any atom is -0.355 e. The summed E-state index contributed by atoms with van der Waals surface area (Å²) in [5, 5.41) is 3.10. The van der Waals surface area contributed by atoms with Gasteiger partial charge < -0.3 is 11.1 Å². The Hall–Kier alpha value is -1.06. The normalized spacial score (nSPS) is 17.9. The summed E-state index contributed by atoms with van der Waals surface area (Å²) in [7, 11) is 0. The molecule has 0 bridgehead atoms. The number of carbonyl (C=O) groups is 1. The van der Waals surface area contributed by atoms with E-state index in [1.165, 1.54) is 24.0 Å². The molecule has 0 heterocycles. The van der Waals surface area contributed by atoms with Crippen molar-refractivity contribution in [1.29, 1.82) is 0 Å². The molecule has 2 rings (SSSR count). The van der Waals surface area contributed by atoms with E-state index in [0.29, 0.717) is 6.42 Å². The van der Waals surface area contributed by atoms with E-state index in [2.05, 4.69) is 36.5 Å². The number of halogens is 1. The predicted molar refractivity (Wildman–Crippen MR) is 89.8 cm³/mol. The van der Waals surface area contributed by atoms with Gasteiger partial charge in [0.2, 0.25) is 5.91 Å². The van der Waals surface area contributed by atoms with Gasteiger partial charge in [-0.3, -0.25) is 4.79 Å². The van der Waals surface area contributed by atoms with Gasteiger partial charge in [0.1, 0.15) is 0 Å². The first kappa shape index (κ1) is 18.0. The van der Waals surface area contributed by atoms with Crippen LogP contribution in [0.15, 0.2) is 24.3 Å². The average molecular weight is 311 g/mol. The van der Waals surface area contributed by atoms with Crippen LogP contribution < -0.4 is 11.1 Å². The molecule has 118 valence electrons. The lowest BCUT2D eigenvalue weighted by Gasteiger charge is -2.30. The second-order valence-electron chi connectivity index (χ2n) is 6.32. The van der Waals surface area contributed by atoms with Gasteiger partial charge in [0.25, 0.3) is 0 Å². The first-order valence-corrected chi connectivity index (χ1v) is 7.61. The van der Waals surface area contributed by atoms with Gasteiger partial charge in [0, 0.05) is 24.4 Å². The van der Waals surface area contributed by atoms with E-state index in [-0.39, 0.29) is 29.8 Å². The summed E-state index contributed by atoms with van der Waals surface area (Å²) in [4.78, 5) is 11.9. The molecule has 0 spiro atoms. The van der Waals surface area contributed by atoms with E-state index in [1.54, 1.807) is 0 Å². The highest BCUT2D eigenvalue weighted by Crippen LogP contribution is 2.40. The van der Waals surface area contributed by atoms with Crippen molar-refractivity contribution in [2.45, 2.75) is 57.4 Å². The molecular weight excluding hydrogens is 284 g/mol. The Balaban J connectivity index is 0.00000220. The lowest BCUT2D eigenvalue weighted by molar-refractivity contribution is -0.121. The molecule has 3 nitrogen and oxygen atoms in total. The molecule has 21 heavy (non-hydrogen) atoms. The van der Waals surface area contributed by atoms with E-state index < -0.39 is 0 Å². The van der Waals surface area contributed by atoms with Gasteiger partial charge in [0.15, 0.2) is 0 Å². The van der Waals surface area contributed by atoms with Crippen molar-refractivity contribution in [2.75, 3.05) is 6.54 Å². The molecule has 1 atom stereocenters. The molecule has 3 N–H and O–H groups in total. The first-order chi connectivity index (χ1) is 9.52. The van der Waals surface area contributed by atoms with Crippen LogP contribution in [0.25, 0.3) is 0 Å². The van der Waals surface area contributed by atoms with Gasteiger partial charge in [-0.05, 0) is 32.3 Å². The Morgan fingerprint density at radius 3 is 2.62 bits per heavy atom. The fourth-order valence-corrected chi connectivity index (χ4v) is 3.23. The molecule has 1 aliphatic rings. The van der Waals surface area contributed by atoms with E-state index >= 15 is 0 Å². The number of hydrogen-bond donors (Lipinski definition) is 2. The molecule has 0 aromatic heterocycles. The zero-order chi connectivity index (χ0) is 14.6. The molecule has 0 aliphatic heterocycles. The van der Waals surface area contributed by atoms with Crippen molar-refractivity contribution >= 4 is 18.3 Å². The summed E-state index contributed by atoms with van der Waals surface area (Å²) >= 11 is 0. The molecule has 1 aromatic rings. The van der Waals surface area contributed by atoms with Crippen molar-refractivity contribution in [3.63, 3.8) is 0 Å². The van der Waals surface area contributed by atoms with Crippen LogP contribution in [-0.2, 0) is 10.2 Å². The van der Waals surface area contributed by atoms with Gasteiger partial charge in [-0.2, -0.15) is 0 Å². The molecule has 1 saturated carbocycles. The molecule has 1 aromatic carbocycles. The summed E-state index contributed by atoms with van der Waals surface area (Å²) in [5.74, 6) is 0.0685. The quantitative estimate of drug-likeness (QED) is 0.878. The van der Waals surface area contributed by atoms with Gasteiger partial charge in [-0.15, -0.1) is 12.4 Å². The maximum absolute atomic E-state index is 11.9. The average Bonchev–Trinajstić information content (AvgIpc) is 2.86. The number of hydrogen-bond acceptors (Lipinski definition) is 2. The lowest BCUT2D eigenvalue weighted by Crippen LogP contribution is -2.40. The lowest BCUT2D eigenvalue weighted by atomic mass is 9.78. The molecule has 1 aliphatic carbocycles. The number of benzene rings is 1. The van der Waals surface area contributed by atoms with Crippen LogP contribution in [-0.4, -0.2) is 18.5 Å². The second kappa shape index (κ2) is 7.81. The number of nitrogens with one attached hydrogen (secondary N) is 1. The van der Waals surface area contributed by atoms with Crippen molar-refractivity contribution in [1.82, 2.24) is 5.32 Å². The van der Waals surface area contributed by atoms with Crippen LogP contribution in [0.5, 0.6) is 0 Å². The number of carbonyl (C=O) groups excluding carboxylic acids is 1. The Morgan fingerprint density at radius 2 is 2.05 bits per heavy atom. The standard InChI is InChI=1S/C17H26N2O.ClH/c1-13-6-5-7-15(10-13)17(8-3-4-9-17)12-19-16(20)11-14(2)18;/h5-7,10,14H,3-4,8-9,11-12,18H2,1-2H3,(H,19,20);1H. The van der Waals surface area contributed by atoms with Crippen LogP contribution in [0.4, 0.5) is 0 Å². The van der Waals surface area contributed by atoms with Crippen LogP contribution >= 0.6 is 12.4 Å². The summed E-state index contributed by atoms with van der Waals surface area (Å²) in [6, 6.07) is 8.64. The largest absolute Gasteiger partial charge is 0.355 e. The molecular formula is C17H27ClN2O. The van der Waals surface area contributed by atoms with Gasteiger partial charge in [0.05, 0.1) is 0 Å². The van der Waals surface area contributed by atoms with E-state index in [4.69, 9.17) is 5.73 Å². The summed E-state index contributed by atoms with van der Waals surface area (Å²) < 4.78 is 0. The maximum atomic E-state index is 11.9. The van der Waals surface area contributed by atoms with E-state index in [9.17, 15) is 4.79 Å². The first-order valence-electron chi connectivity index (χ1n) is 7.61. The molecule has 1 amide bonds. The highest BCUT2D eigenvalue weighted by atomic mass is 35.5. The summed E-state index contributed by atoms with van der Waals surface area (Å²) in [5.41, 5.74) is 8.46. The summed E-state index contributed by atoms with van der Waals surface area (Å²) in [6.07, 6.45) is 5.22. The Kier molecular flexibility index (Phi) is 6.69. The topological polar surface area (TPSA) is 55.1 Å². The third kappa shape index (κ3) is 4.72. The fourth-order valence-electron chi connectivity index (χ4n) is 3.23. The fraction of sp³-hybridized carbons (Fsp3) is 0.588. The van der Waals surface area contributed by atoms with Crippen molar-refractivity contribution in [3.05, 3.63) is 35.4 Å². The highest BCUT2D eigenvalue weighted by Gasteiger charge is 2.35. The minimum absolute atomic E-state index is 0. The van der Waals surface area contributed by atoms with Crippen LogP contribution in [0.2, 0.25) is 0 Å². The Labute approximate surface area is 134 Å². The van der Waals surface area contributed by atoms with Gasteiger partial charge in [-0.1, -0.05) is 42.7 Å². The number of amides is 1. The monoisotopic (exact) mass is 310 g/mol. The van der Waals surface area contributed by atoms with E-state index in [1.807, 2.05) is 6.92 Å². The zero-order valence-electron chi connectivity index (χ0n) is 13.0. The van der Waals surface area contributed by atoms with Crippen molar-refractivity contribution in [3.8, 4) is 0 Å². The van der Waals surface area contributed by atoms with Crippen molar-refractivity contribution < 1.29 is 4.79 Å². The van der Waals surface area contributed by atoms with Gasteiger partial charge in [-0.25, -0.2) is 0 Å². The molecule has 4 heteroatoms. The maximum Gasteiger partial charge on any atom is 0.221 e. The number of aryl methyl sites for hydroxylation is 1. The van der Waals surface area contributed by atoms with Gasteiger partial charge >= 0.3 is 0 Å². The second-order valence-corrected chi connectivity index (χ2v) is 6.32. The number of rotatable bonds is 5. The van der Waals surface area contributed by atoms with Crippen LogP contribution in [0, 0.1) is 6.92 Å². The highest BCUT2D eigenvalue weighted by molar-refractivity contribution is 5.85. The van der Waals surface area contributed by atoms with E-state index in [0.717, 1.165) is 19.4 Å². The van der Waals surface area contributed by atoms with Crippen LogP contribution in [0.1, 0.15) is 50.2 Å². The predicted octanol–water partition coefficient (Wildman–Crippen LogP) is 3.08. The zero-order valence-corrected chi connectivity index (χ0v) is 13.8. The molecule has 0 radical (unpaired) electrons. The Morgan fingerprint density at radius 1 is 1.38 bits per heavy atom. The SMILES string of the molecule is Cc1cccc(C2(CNC(=O)CC(C)N)CCCC2)c1.Cl. The molecule has 0 saturated heterocycles. The molecule has 1 fully saturated rings.